The summed E-state index contributed by atoms with van der Waals surface area (Å²) in [6, 6.07) is 7.45. The number of ether oxygens (including phenoxy) is 4. The van der Waals surface area contributed by atoms with Gasteiger partial charge in [-0.25, -0.2) is 0 Å². The van der Waals surface area contributed by atoms with Crippen LogP contribution in [0.5, 0.6) is 5.75 Å². The lowest BCUT2D eigenvalue weighted by molar-refractivity contribution is 0.00882. The van der Waals surface area contributed by atoms with Gasteiger partial charge in [0.15, 0.2) is 0 Å². The molecule has 0 saturated heterocycles. The molecule has 0 aliphatic rings. The zero-order valence-electron chi connectivity index (χ0n) is 15.7. The molecule has 0 fully saturated rings. The standard InChI is InChI=1S/C20H35NO4/c1-2-3-4-5-6-9-12-22-13-14-23-15-16-24-17-18-25-20-11-8-7-10-19(20)21/h7-8,10-11H,2-6,9,12-18,21H2,1H3. The first-order chi connectivity index (χ1) is 12.3. The third kappa shape index (κ3) is 12.7. The summed E-state index contributed by atoms with van der Waals surface area (Å²) in [6.45, 7) is 6.50. The molecule has 25 heavy (non-hydrogen) atoms. The predicted octanol–water partition coefficient (Wildman–Crippen LogP) is 4.06. The van der Waals surface area contributed by atoms with E-state index in [9.17, 15) is 0 Å². The Labute approximate surface area is 152 Å². The zero-order chi connectivity index (χ0) is 18.0. The topological polar surface area (TPSA) is 62.9 Å². The summed E-state index contributed by atoms with van der Waals surface area (Å²) in [7, 11) is 0. The van der Waals surface area contributed by atoms with E-state index in [0.717, 1.165) is 13.0 Å². The Bertz CT molecular complexity index is 414. The Morgan fingerprint density at radius 3 is 1.92 bits per heavy atom. The summed E-state index contributed by atoms with van der Waals surface area (Å²) in [4.78, 5) is 0. The Hall–Kier alpha value is -1.30. The van der Waals surface area contributed by atoms with Gasteiger partial charge in [0, 0.05) is 6.61 Å². The number of rotatable bonds is 17. The van der Waals surface area contributed by atoms with Crippen molar-refractivity contribution < 1.29 is 18.9 Å². The first kappa shape index (κ1) is 21.7. The van der Waals surface area contributed by atoms with E-state index in [1.54, 1.807) is 0 Å². The third-order valence-electron chi connectivity index (χ3n) is 3.79. The van der Waals surface area contributed by atoms with Gasteiger partial charge >= 0.3 is 0 Å². The number of unbranched alkanes of at least 4 members (excludes halogenated alkanes) is 5. The summed E-state index contributed by atoms with van der Waals surface area (Å²) in [6.07, 6.45) is 7.74. The average Bonchev–Trinajstić information content (AvgIpc) is 2.63. The molecular formula is C20H35NO4. The van der Waals surface area contributed by atoms with Crippen molar-refractivity contribution in [1.82, 2.24) is 0 Å². The van der Waals surface area contributed by atoms with E-state index in [2.05, 4.69) is 6.92 Å². The monoisotopic (exact) mass is 353 g/mol. The minimum atomic E-state index is 0.482. The van der Waals surface area contributed by atoms with Crippen LogP contribution in [0.15, 0.2) is 24.3 Å². The highest BCUT2D eigenvalue weighted by Crippen LogP contribution is 2.19. The van der Waals surface area contributed by atoms with Gasteiger partial charge in [-0.15, -0.1) is 0 Å². The predicted molar refractivity (Wildman–Crippen MR) is 102 cm³/mol. The molecule has 144 valence electrons. The number of nitrogens with two attached hydrogens (primary N) is 1. The van der Waals surface area contributed by atoms with Crippen molar-refractivity contribution in [2.75, 3.05) is 52.0 Å². The van der Waals surface area contributed by atoms with E-state index in [-0.39, 0.29) is 0 Å². The first-order valence-electron chi connectivity index (χ1n) is 9.55. The number of hydrogen-bond donors (Lipinski definition) is 1. The van der Waals surface area contributed by atoms with Crippen LogP contribution in [0.1, 0.15) is 45.4 Å². The van der Waals surface area contributed by atoms with Crippen molar-refractivity contribution in [1.29, 1.82) is 0 Å². The van der Waals surface area contributed by atoms with E-state index in [0.29, 0.717) is 51.1 Å². The quantitative estimate of drug-likeness (QED) is 0.338. The van der Waals surface area contributed by atoms with Crippen LogP contribution in [0.25, 0.3) is 0 Å². The second-order valence-corrected chi connectivity index (χ2v) is 5.99. The molecule has 5 heteroatoms. The number of nitrogen functional groups attached to an aromatic ring is 1. The summed E-state index contributed by atoms with van der Waals surface area (Å²) < 4.78 is 22.0. The Kier molecular flexibility index (Phi) is 14.1. The maximum atomic E-state index is 5.79. The van der Waals surface area contributed by atoms with Crippen LogP contribution in [0.4, 0.5) is 5.69 Å². The van der Waals surface area contributed by atoms with Gasteiger partial charge in [-0.3, -0.25) is 0 Å². The number of hydrogen-bond acceptors (Lipinski definition) is 5. The molecule has 2 N–H and O–H groups in total. The summed E-state index contributed by atoms with van der Waals surface area (Å²) >= 11 is 0. The molecule has 0 aliphatic heterocycles. The van der Waals surface area contributed by atoms with E-state index < -0.39 is 0 Å². The smallest absolute Gasteiger partial charge is 0.142 e. The molecule has 5 nitrogen and oxygen atoms in total. The molecule has 0 radical (unpaired) electrons. The largest absolute Gasteiger partial charge is 0.489 e. The van der Waals surface area contributed by atoms with Gasteiger partial charge in [-0.2, -0.15) is 0 Å². The lowest BCUT2D eigenvalue weighted by Gasteiger charge is -2.09. The molecule has 0 amide bonds. The van der Waals surface area contributed by atoms with Crippen molar-refractivity contribution >= 4 is 5.69 Å². The van der Waals surface area contributed by atoms with E-state index >= 15 is 0 Å². The van der Waals surface area contributed by atoms with Crippen molar-refractivity contribution in [2.24, 2.45) is 0 Å². The van der Waals surface area contributed by atoms with Gasteiger partial charge < -0.3 is 24.7 Å². The SMILES string of the molecule is CCCCCCCCOCCOCCOCCOc1ccccc1N. The molecule has 0 bridgehead atoms. The van der Waals surface area contributed by atoms with Crippen molar-refractivity contribution in [3.63, 3.8) is 0 Å². The highest BCUT2D eigenvalue weighted by Gasteiger charge is 1.98. The Balaban J connectivity index is 1.75. The van der Waals surface area contributed by atoms with Crippen molar-refractivity contribution in [2.45, 2.75) is 45.4 Å². The lowest BCUT2D eigenvalue weighted by Crippen LogP contribution is -2.13. The first-order valence-corrected chi connectivity index (χ1v) is 9.55. The normalized spacial score (nSPS) is 10.9. The Morgan fingerprint density at radius 2 is 1.24 bits per heavy atom. The minimum Gasteiger partial charge on any atom is -0.489 e. The van der Waals surface area contributed by atoms with Gasteiger partial charge in [0.2, 0.25) is 0 Å². The maximum absolute atomic E-state index is 5.79. The molecule has 1 rings (SSSR count). The summed E-state index contributed by atoms with van der Waals surface area (Å²) in [5, 5.41) is 0. The molecule has 0 saturated carbocycles. The molecule has 0 atom stereocenters. The molecular weight excluding hydrogens is 318 g/mol. The lowest BCUT2D eigenvalue weighted by atomic mass is 10.1. The summed E-state index contributed by atoms with van der Waals surface area (Å²) in [5.74, 6) is 0.699. The van der Waals surface area contributed by atoms with E-state index in [1.165, 1.54) is 32.1 Å². The van der Waals surface area contributed by atoms with Crippen molar-refractivity contribution in [3.05, 3.63) is 24.3 Å². The maximum Gasteiger partial charge on any atom is 0.142 e. The van der Waals surface area contributed by atoms with E-state index in [4.69, 9.17) is 24.7 Å². The molecule has 0 aliphatic carbocycles. The van der Waals surface area contributed by atoms with E-state index in [1.807, 2.05) is 24.3 Å². The molecule has 1 aromatic rings. The van der Waals surface area contributed by atoms with Crippen molar-refractivity contribution in [3.8, 4) is 5.75 Å². The fourth-order valence-corrected chi connectivity index (χ4v) is 2.35. The van der Waals surface area contributed by atoms with Crippen LogP contribution in [0.3, 0.4) is 0 Å². The number of anilines is 1. The highest BCUT2D eigenvalue weighted by atomic mass is 16.6. The highest BCUT2D eigenvalue weighted by molar-refractivity contribution is 5.51. The van der Waals surface area contributed by atoms with Crippen LogP contribution in [0.2, 0.25) is 0 Å². The molecule has 1 aromatic carbocycles. The fraction of sp³-hybridized carbons (Fsp3) is 0.700. The molecule has 0 unspecified atom stereocenters. The zero-order valence-corrected chi connectivity index (χ0v) is 15.7. The van der Waals surface area contributed by atoms with Gasteiger partial charge in [0.25, 0.3) is 0 Å². The van der Waals surface area contributed by atoms with Crippen LogP contribution < -0.4 is 10.5 Å². The van der Waals surface area contributed by atoms with Gasteiger partial charge in [0.05, 0.1) is 38.7 Å². The molecule has 0 spiro atoms. The number of para-hydroxylation sites is 2. The van der Waals surface area contributed by atoms with Crippen LogP contribution >= 0.6 is 0 Å². The van der Waals surface area contributed by atoms with Crippen LogP contribution in [-0.2, 0) is 14.2 Å². The molecule has 0 heterocycles. The van der Waals surface area contributed by atoms with Gasteiger partial charge in [-0.1, -0.05) is 51.2 Å². The van der Waals surface area contributed by atoms with Gasteiger partial charge in [-0.05, 0) is 18.6 Å². The molecule has 0 aromatic heterocycles. The average molecular weight is 354 g/mol. The fourth-order valence-electron chi connectivity index (χ4n) is 2.35. The second kappa shape index (κ2) is 16.2. The van der Waals surface area contributed by atoms with Gasteiger partial charge in [0.1, 0.15) is 12.4 Å². The number of benzene rings is 1. The third-order valence-corrected chi connectivity index (χ3v) is 3.79. The Morgan fingerprint density at radius 1 is 0.680 bits per heavy atom. The summed E-state index contributed by atoms with van der Waals surface area (Å²) in [5.41, 5.74) is 6.43. The minimum absolute atomic E-state index is 0.482. The van der Waals surface area contributed by atoms with Crippen LogP contribution in [0, 0.1) is 0 Å². The van der Waals surface area contributed by atoms with Crippen LogP contribution in [-0.4, -0.2) is 46.2 Å². The second-order valence-electron chi connectivity index (χ2n) is 5.99.